The summed E-state index contributed by atoms with van der Waals surface area (Å²) in [5.74, 6) is -6.18. The van der Waals surface area contributed by atoms with Gasteiger partial charge in [-0.25, -0.2) is 29.0 Å². The van der Waals surface area contributed by atoms with Crippen molar-refractivity contribution < 1.29 is 123 Å². The summed E-state index contributed by atoms with van der Waals surface area (Å²) in [5.41, 5.74) is 9.69. The van der Waals surface area contributed by atoms with E-state index in [1.165, 1.54) is 156 Å². The van der Waals surface area contributed by atoms with E-state index in [9.17, 15) is 88.5 Å². The van der Waals surface area contributed by atoms with Gasteiger partial charge >= 0.3 is 35.8 Å². The molecule has 1 aliphatic rings. The Balaban J connectivity index is -0.00000112. The number of carboxylic acids is 4. The Kier molecular flexibility index (Phi) is 45.9. The monoisotopic (exact) mass is 1420 g/mol. The maximum atomic E-state index is 11.3. The van der Waals surface area contributed by atoms with E-state index < -0.39 is 79.4 Å². The first-order valence-corrected chi connectivity index (χ1v) is 27.4. The van der Waals surface area contributed by atoms with Crippen LogP contribution in [-0.4, -0.2) is 164 Å². The molecule has 6 aromatic carbocycles. The molecule has 9 N–H and O–H groups in total. The fourth-order valence-corrected chi connectivity index (χ4v) is 6.29. The highest BCUT2D eigenvalue weighted by Gasteiger charge is 2.20. The van der Waals surface area contributed by atoms with Gasteiger partial charge in [-0.3, -0.25) is 64.6 Å². The Morgan fingerprint density at radius 1 is 0.554 bits per heavy atom. The number of aliphatic hydroxyl groups is 3. The molecule has 6 aromatic rings. The molecule has 542 valence electrons. The first-order valence-electron chi connectivity index (χ1n) is 28.2. The fourth-order valence-electron chi connectivity index (χ4n) is 6.29. The lowest BCUT2D eigenvalue weighted by Gasteiger charge is -2.09. The molecular weight excluding hydrogens is 1350 g/mol. The Bertz CT molecular complexity index is 3850. The van der Waals surface area contributed by atoms with E-state index in [1.807, 2.05) is 0 Å². The third-order valence-electron chi connectivity index (χ3n) is 11.1. The second-order valence-corrected chi connectivity index (χ2v) is 17.7. The van der Waals surface area contributed by atoms with Gasteiger partial charge in [0.1, 0.15) is 6.29 Å². The second kappa shape index (κ2) is 51.7. The standard InChI is InChI=1S/C11H8N2O4.C11H11NO5.C10H9NO5.C10H13NO3.C9H7NO5.C7H5NO3.C3H6O2.CH3F.2CH4O/c1-7-12-10(11(14)17-7)6-8-2-4-9(5-3-8)13(15)16;1-16-10(11(13)17-2)7-8-3-5-9(6-4-8)12(14)15;1-16-9(10(12)13)6-7-2-4-8(5-3-7)11(14)15;1-14-9(10(12)13)6-7-2-4-8(11)5-3-7;11-8(9(12)13)5-6-1-3-7(4-2-6)10(14)15;9-5-6-1-3-7(4-2-6)8(10)11;1-2-3(4)5;3*1-2/h2-6H,1H3;3-7H,1-2H3;2-6H,1H3,(H,12,13);2-5,9H,6,11H2,1H3,(H,12,13);1-5,11H,(H,12,13);1-5H;2H2,1H3,(H,4,5);1H3;2*2H,1H3/b10-6-;10-7-;9-6-;;8-5-;;;;;/i;;;;;;;1D;;. The van der Waals surface area contributed by atoms with Gasteiger partial charge in [-0.05, 0) is 125 Å². The molecule has 0 saturated carbocycles. The number of alkyl halides is 1. The normalized spacial score (nSPS) is 11.4. The van der Waals surface area contributed by atoms with Gasteiger partial charge in [0.2, 0.25) is 17.3 Å². The van der Waals surface area contributed by atoms with Crippen LogP contribution in [0.2, 0.25) is 0 Å². The van der Waals surface area contributed by atoms with Crippen molar-refractivity contribution in [1.29, 1.82) is 0 Å². The van der Waals surface area contributed by atoms with Gasteiger partial charge in [-0.2, -0.15) is 0 Å². The predicted molar refractivity (Wildman–Crippen MR) is 360 cm³/mol. The van der Waals surface area contributed by atoms with Crippen molar-refractivity contribution in [2.75, 3.05) is 55.5 Å². The maximum absolute atomic E-state index is 11.3. The third kappa shape index (κ3) is 38.6. The molecule has 0 bridgehead atoms. The molecular formula is C64H70FN7O29. The van der Waals surface area contributed by atoms with E-state index in [1.54, 1.807) is 50.2 Å². The van der Waals surface area contributed by atoms with Crippen LogP contribution in [-0.2, 0) is 58.9 Å². The third-order valence-corrected chi connectivity index (χ3v) is 11.1. The summed E-state index contributed by atoms with van der Waals surface area (Å²) in [6.07, 6.45) is 5.67. The van der Waals surface area contributed by atoms with E-state index in [0.29, 0.717) is 52.1 Å². The van der Waals surface area contributed by atoms with Gasteiger partial charge in [-0.15, -0.1) is 0 Å². The van der Waals surface area contributed by atoms with Crippen LogP contribution in [0.1, 0.15) is 59.8 Å². The summed E-state index contributed by atoms with van der Waals surface area (Å²) in [5, 5.41) is 108. The molecule has 0 spiro atoms. The Hall–Kier alpha value is -13.6. The van der Waals surface area contributed by atoms with Crippen LogP contribution in [0.3, 0.4) is 0 Å². The first kappa shape index (κ1) is 89.5. The van der Waals surface area contributed by atoms with Crippen LogP contribution in [0, 0.1) is 50.6 Å². The predicted octanol–water partition coefficient (Wildman–Crippen LogP) is 9.51. The molecule has 0 aliphatic carbocycles. The molecule has 36 nitrogen and oxygen atoms in total. The number of aliphatic carboxylic acids is 4. The number of nitrogens with two attached hydrogens (primary N) is 1. The van der Waals surface area contributed by atoms with E-state index >= 15 is 0 Å². The van der Waals surface area contributed by atoms with E-state index in [2.05, 4.69) is 14.5 Å². The molecule has 0 radical (unpaired) electrons. The lowest BCUT2D eigenvalue weighted by molar-refractivity contribution is -0.385. The highest BCUT2D eigenvalue weighted by Crippen LogP contribution is 2.20. The molecule has 0 saturated heterocycles. The van der Waals surface area contributed by atoms with Gasteiger partial charge in [0.15, 0.2) is 17.7 Å². The van der Waals surface area contributed by atoms with Crippen LogP contribution in [0.25, 0.3) is 24.3 Å². The summed E-state index contributed by atoms with van der Waals surface area (Å²) in [7, 11) is 6.21. The van der Waals surface area contributed by atoms with Crippen molar-refractivity contribution in [3.05, 3.63) is 253 Å². The molecule has 0 fully saturated rings. The number of aldehydes is 1. The number of anilines is 1. The summed E-state index contributed by atoms with van der Waals surface area (Å²) in [6.45, 7) is 3.18. The number of nitro groups is 5. The van der Waals surface area contributed by atoms with E-state index in [4.69, 9.17) is 57.1 Å². The van der Waals surface area contributed by atoms with Gasteiger partial charge in [-0.1, -0.05) is 19.1 Å². The van der Waals surface area contributed by atoms with Crippen LogP contribution in [0.15, 0.2) is 174 Å². The number of methoxy groups -OCH3 is 4. The molecule has 1 heterocycles. The maximum Gasteiger partial charge on any atom is 0.373 e. The summed E-state index contributed by atoms with van der Waals surface area (Å²) in [6, 6.07) is 34.6. The zero-order valence-electron chi connectivity index (χ0n) is 55.7. The van der Waals surface area contributed by atoms with E-state index in [-0.39, 0.29) is 52.1 Å². The molecule has 101 heavy (non-hydrogen) atoms. The largest absolute Gasteiger partial charge is 0.502 e. The highest BCUT2D eigenvalue weighted by atomic mass is 19.1. The summed E-state index contributed by atoms with van der Waals surface area (Å²) >= 11 is 0. The molecule has 7 rings (SSSR count). The molecule has 37 heteroatoms. The number of nitrogen functional groups attached to an aromatic ring is 1. The number of hydrogen-bond donors (Lipinski definition) is 8. The number of nitrogens with zero attached hydrogens (tertiary/aromatic N) is 6. The number of carbonyl (C=O) groups excluding carboxylic acids is 3. The number of carboxylic acid groups (broad SMARTS) is 4. The number of benzene rings is 6. The minimum Gasteiger partial charge on any atom is -0.502 e. The number of cyclic esters (lactones) is 1. The van der Waals surface area contributed by atoms with Crippen LogP contribution >= 0.6 is 0 Å². The smallest absolute Gasteiger partial charge is 0.373 e. The van der Waals surface area contributed by atoms with Gasteiger partial charge in [0.05, 0.1) is 54.5 Å². The van der Waals surface area contributed by atoms with Crippen molar-refractivity contribution >= 4 is 106 Å². The van der Waals surface area contributed by atoms with Crippen LogP contribution < -0.4 is 5.73 Å². The topological polar surface area (TPSA) is 561 Å². The quantitative estimate of drug-likeness (QED) is 0.00670. The molecule has 1 unspecified atom stereocenters. The number of rotatable bonds is 20. The Morgan fingerprint density at radius 3 is 1.14 bits per heavy atom. The zero-order chi connectivity index (χ0) is 78.6. The summed E-state index contributed by atoms with van der Waals surface area (Å²) < 4.78 is 39.0. The molecule has 1 aliphatic heterocycles. The molecule has 0 amide bonds. The number of aliphatic imine (C=N–C) groups is 1. The van der Waals surface area contributed by atoms with Crippen molar-refractivity contribution in [3.8, 4) is 0 Å². The molecule has 0 aromatic heterocycles. The Morgan fingerprint density at radius 2 is 0.881 bits per heavy atom. The van der Waals surface area contributed by atoms with Crippen molar-refractivity contribution in [2.24, 2.45) is 4.99 Å². The number of ether oxygens (including phenoxy) is 5. The molecule has 1 atom stereocenters. The lowest BCUT2D eigenvalue weighted by atomic mass is 10.1. The van der Waals surface area contributed by atoms with Gasteiger partial charge in [0.25, 0.3) is 28.4 Å². The number of hydrogen-bond acceptors (Lipinski definition) is 27. The lowest BCUT2D eigenvalue weighted by Crippen LogP contribution is -2.24. The van der Waals surface area contributed by atoms with Crippen LogP contribution in [0.4, 0.5) is 38.5 Å². The van der Waals surface area contributed by atoms with Crippen molar-refractivity contribution in [1.82, 2.24) is 0 Å². The van der Waals surface area contributed by atoms with Crippen LogP contribution in [0.5, 0.6) is 0 Å². The van der Waals surface area contributed by atoms with Crippen molar-refractivity contribution in [3.63, 3.8) is 0 Å². The highest BCUT2D eigenvalue weighted by molar-refractivity contribution is 6.06. The number of aliphatic hydroxyl groups excluding tert-OH is 3. The second-order valence-electron chi connectivity index (χ2n) is 17.7. The minimum atomic E-state index is -1.45. The van der Waals surface area contributed by atoms with E-state index in [0.717, 1.165) is 25.9 Å². The Labute approximate surface area is 574 Å². The number of carbonyl (C=O) groups is 7. The average molecular weight is 1420 g/mol. The van der Waals surface area contributed by atoms with Crippen molar-refractivity contribution in [2.45, 2.75) is 32.8 Å². The number of non-ortho nitro benzene ring substituents is 5. The number of halogens is 1. The average Bonchev–Trinajstić information content (AvgIpc) is 1.62. The van der Waals surface area contributed by atoms with Gasteiger partial charge in [0, 0.05) is 113 Å². The minimum absolute atomic E-state index is 0.000769. The SMILES string of the molecule is CC1=N/C(=C\c2ccc([N+](=O)[O-])cc2)C(=O)O1.CCC(=O)O.CO.CO.CO/C(=C\c1ccc([N+](=O)[O-])cc1)C(=O)O.COC(=O)/C(=C/c1ccc([N+](=O)[O-])cc1)OC.COC(Cc1ccc(N)cc1)C(=O)O.O=C(O)/C(O)=C/c1ccc([N+](=O)[O-])cc1.O=Cc1ccc([N+](=O)[O-])cc1.[2H]CF. The first-order chi connectivity index (χ1) is 48.2. The number of esters is 2. The zero-order valence-corrected chi connectivity index (χ0v) is 54.7. The number of nitro benzene ring substituents is 5. The fraction of sp³-hybridized carbons (Fsp3) is 0.188. The van der Waals surface area contributed by atoms with Gasteiger partial charge < -0.3 is 65.2 Å². The summed E-state index contributed by atoms with van der Waals surface area (Å²) in [4.78, 5) is 126.